The molecule has 0 atom stereocenters. The fraction of sp³-hybridized carbons (Fsp3) is 0.684. The van der Waals surface area contributed by atoms with Crippen LogP contribution in [0.1, 0.15) is 59.8 Å². The molecule has 2 N–H and O–H groups in total. The number of hydrogen-bond acceptors (Lipinski definition) is 5. The molecule has 1 aromatic rings. The Kier molecular flexibility index (Phi) is 6.89. The van der Waals surface area contributed by atoms with E-state index in [-0.39, 0.29) is 5.97 Å². The van der Waals surface area contributed by atoms with E-state index in [1.54, 1.807) is 11.3 Å². The molecule has 26 heavy (non-hydrogen) atoms. The molecule has 0 amide bonds. The SMILES string of the molecule is CCN1CCC(NC(=S)Nc2sc3c(c2C(=O)OC)CCCCC3)CC1. The first-order valence-electron chi connectivity index (χ1n) is 9.65. The van der Waals surface area contributed by atoms with Gasteiger partial charge in [0.25, 0.3) is 0 Å². The predicted molar refractivity (Wildman–Crippen MR) is 111 cm³/mol. The number of likely N-dealkylation sites (tertiary alicyclic amines) is 1. The minimum Gasteiger partial charge on any atom is -0.465 e. The number of methoxy groups -OCH3 is 1. The smallest absolute Gasteiger partial charge is 0.341 e. The zero-order valence-electron chi connectivity index (χ0n) is 15.7. The number of carbonyl (C=O) groups is 1. The van der Waals surface area contributed by atoms with Gasteiger partial charge in [0, 0.05) is 24.0 Å². The molecule has 0 saturated carbocycles. The monoisotopic (exact) mass is 395 g/mol. The maximum atomic E-state index is 12.4. The number of piperidine rings is 1. The van der Waals surface area contributed by atoms with Gasteiger partial charge in [-0.3, -0.25) is 0 Å². The molecule has 0 unspecified atom stereocenters. The van der Waals surface area contributed by atoms with Gasteiger partial charge in [0.2, 0.25) is 0 Å². The van der Waals surface area contributed by atoms with Crippen molar-refractivity contribution in [1.29, 1.82) is 0 Å². The summed E-state index contributed by atoms with van der Waals surface area (Å²) in [5.41, 5.74) is 1.86. The van der Waals surface area contributed by atoms with E-state index in [1.165, 1.54) is 30.4 Å². The minimum atomic E-state index is -0.258. The fourth-order valence-electron chi connectivity index (χ4n) is 3.87. The van der Waals surface area contributed by atoms with E-state index in [0.29, 0.717) is 16.7 Å². The Bertz CT molecular complexity index is 651. The number of aryl methyl sites for hydroxylation is 1. The number of thiophene rings is 1. The summed E-state index contributed by atoms with van der Waals surface area (Å²) < 4.78 is 5.06. The van der Waals surface area contributed by atoms with Crippen molar-refractivity contribution in [2.75, 3.05) is 32.1 Å². The Labute approximate surface area is 165 Å². The Hall–Kier alpha value is -1.18. The van der Waals surface area contributed by atoms with Crippen molar-refractivity contribution in [3.05, 3.63) is 16.0 Å². The zero-order valence-corrected chi connectivity index (χ0v) is 17.4. The van der Waals surface area contributed by atoms with Crippen molar-refractivity contribution in [3.8, 4) is 0 Å². The first-order valence-corrected chi connectivity index (χ1v) is 10.9. The van der Waals surface area contributed by atoms with Gasteiger partial charge < -0.3 is 20.3 Å². The highest BCUT2D eigenvalue weighted by atomic mass is 32.1. The van der Waals surface area contributed by atoms with Crippen molar-refractivity contribution in [2.45, 2.75) is 57.9 Å². The van der Waals surface area contributed by atoms with Crippen LogP contribution in [0.15, 0.2) is 0 Å². The van der Waals surface area contributed by atoms with Gasteiger partial charge in [0.1, 0.15) is 5.00 Å². The summed E-state index contributed by atoms with van der Waals surface area (Å²) in [6.45, 7) is 5.53. The second-order valence-corrected chi connectivity index (χ2v) is 8.58. The first-order chi connectivity index (χ1) is 12.6. The number of thiocarbonyl (C=S) groups is 1. The van der Waals surface area contributed by atoms with E-state index in [4.69, 9.17) is 17.0 Å². The molecule has 1 aliphatic carbocycles. The quantitative estimate of drug-likeness (QED) is 0.462. The zero-order chi connectivity index (χ0) is 18.5. The number of ether oxygens (including phenoxy) is 1. The third-order valence-corrected chi connectivity index (χ3v) is 6.84. The van der Waals surface area contributed by atoms with Crippen LogP contribution in [0.3, 0.4) is 0 Å². The van der Waals surface area contributed by atoms with Crippen LogP contribution in [0.4, 0.5) is 5.00 Å². The highest BCUT2D eigenvalue weighted by Crippen LogP contribution is 2.37. The molecular formula is C19H29N3O2S2. The lowest BCUT2D eigenvalue weighted by molar-refractivity contribution is 0.0601. The molecule has 2 aliphatic rings. The number of hydrogen-bond donors (Lipinski definition) is 2. The van der Waals surface area contributed by atoms with Crippen LogP contribution in [0.25, 0.3) is 0 Å². The van der Waals surface area contributed by atoms with Crippen molar-refractivity contribution >= 4 is 39.6 Å². The second-order valence-electron chi connectivity index (χ2n) is 7.07. The van der Waals surface area contributed by atoms with Gasteiger partial charge in [0.05, 0.1) is 12.7 Å². The molecule has 5 nitrogen and oxygen atoms in total. The van der Waals surface area contributed by atoms with E-state index in [0.717, 1.165) is 56.7 Å². The summed E-state index contributed by atoms with van der Waals surface area (Å²) in [5.74, 6) is -0.258. The third kappa shape index (κ3) is 4.56. The number of rotatable bonds is 4. The average Bonchev–Trinajstić information content (AvgIpc) is 2.82. The van der Waals surface area contributed by atoms with Gasteiger partial charge >= 0.3 is 5.97 Å². The Morgan fingerprint density at radius 2 is 2.00 bits per heavy atom. The Morgan fingerprint density at radius 3 is 2.69 bits per heavy atom. The number of carbonyl (C=O) groups excluding carboxylic acids is 1. The summed E-state index contributed by atoms with van der Waals surface area (Å²) >= 11 is 7.21. The maximum absolute atomic E-state index is 12.4. The molecule has 0 bridgehead atoms. The maximum Gasteiger partial charge on any atom is 0.341 e. The lowest BCUT2D eigenvalue weighted by Gasteiger charge is -2.32. The van der Waals surface area contributed by atoms with Crippen LogP contribution in [-0.2, 0) is 17.6 Å². The van der Waals surface area contributed by atoms with Gasteiger partial charge in [-0.15, -0.1) is 11.3 Å². The van der Waals surface area contributed by atoms with Crippen LogP contribution >= 0.6 is 23.6 Å². The van der Waals surface area contributed by atoms with Crippen LogP contribution < -0.4 is 10.6 Å². The van der Waals surface area contributed by atoms with Crippen molar-refractivity contribution in [1.82, 2.24) is 10.2 Å². The van der Waals surface area contributed by atoms with E-state index in [1.807, 2.05) is 0 Å². The second kappa shape index (κ2) is 9.15. The van der Waals surface area contributed by atoms with Gasteiger partial charge in [-0.2, -0.15) is 0 Å². The molecule has 1 fully saturated rings. The summed E-state index contributed by atoms with van der Waals surface area (Å²) in [5, 5.41) is 8.19. The average molecular weight is 396 g/mol. The molecule has 1 saturated heterocycles. The molecule has 0 radical (unpaired) electrons. The van der Waals surface area contributed by atoms with E-state index in [9.17, 15) is 4.79 Å². The van der Waals surface area contributed by atoms with Gasteiger partial charge in [-0.05, 0) is 62.9 Å². The van der Waals surface area contributed by atoms with Gasteiger partial charge in [0.15, 0.2) is 5.11 Å². The fourth-order valence-corrected chi connectivity index (χ4v) is 5.48. The highest BCUT2D eigenvalue weighted by molar-refractivity contribution is 7.80. The van der Waals surface area contributed by atoms with Crippen molar-refractivity contribution in [2.24, 2.45) is 0 Å². The summed E-state index contributed by atoms with van der Waals surface area (Å²) in [7, 11) is 1.45. The summed E-state index contributed by atoms with van der Waals surface area (Å²) in [6.07, 6.45) is 7.73. The molecule has 2 heterocycles. The Balaban J connectivity index is 1.69. The molecule has 144 valence electrons. The van der Waals surface area contributed by atoms with Crippen LogP contribution in [0.5, 0.6) is 0 Å². The molecule has 1 aromatic heterocycles. The van der Waals surface area contributed by atoms with Crippen molar-refractivity contribution in [3.63, 3.8) is 0 Å². The minimum absolute atomic E-state index is 0.258. The number of fused-ring (bicyclic) bond motifs is 1. The van der Waals surface area contributed by atoms with E-state index in [2.05, 4.69) is 22.5 Å². The van der Waals surface area contributed by atoms with Crippen LogP contribution in [-0.4, -0.2) is 48.8 Å². The first kappa shape index (κ1) is 19.6. The standard InChI is InChI=1S/C19H29N3O2S2/c1-3-22-11-9-13(10-12-22)20-19(25)21-17-16(18(23)24-2)14-7-5-4-6-8-15(14)26-17/h13H,3-12H2,1-2H3,(H2,20,21,25). The van der Waals surface area contributed by atoms with Crippen LogP contribution in [0, 0.1) is 0 Å². The lowest BCUT2D eigenvalue weighted by Crippen LogP contribution is -2.45. The normalized spacial score (nSPS) is 18.7. The number of nitrogens with zero attached hydrogens (tertiary/aromatic N) is 1. The highest BCUT2D eigenvalue weighted by Gasteiger charge is 2.26. The number of anilines is 1. The summed E-state index contributed by atoms with van der Waals surface area (Å²) in [4.78, 5) is 16.2. The lowest BCUT2D eigenvalue weighted by atomic mass is 10.1. The molecule has 7 heteroatoms. The Morgan fingerprint density at radius 1 is 1.27 bits per heavy atom. The molecular weight excluding hydrogens is 366 g/mol. The third-order valence-electron chi connectivity index (χ3n) is 5.41. The molecule has 0 spiro atoms. The number of esters is 1. The largest absolute Gasteiger partial charge is 0.465 e. The van der Waals surface area contributed by atoms with E-state index < -0.39 is 0 Å². The molecule has 3 rings (SSSR count). The summed E-state index contributed by atoms with van der Waals surface area (Å²) in [6, 6.07) is 0.400. The van der Waals surface area contributed by atoms with Gasteiger partial charge in [-0.1, -0.05) is 13.3 Å². The topological polar surface area (TPSA) is 53.6 Å². The predicted octanol–water partition coefficient (Wildman–Crippen LogP) is 3.57. The number of nitrogens with one attached hydrogen (secondary N) is 2. The molecule has 0 aromatic carbocycles. The molecule has 1 aliphatic heterocycles. The van der Waals surface area contributed by atoms with E-state index >= 15 is 0 Å². The van der Waals surface area contributed by atoms with Crippen molar-refractivity contribution < 1.29 is 9.53 Å². The van der Waals surface area contributed by atoms with Crippen LogP contribution in [0.2, 0.25) is 0 Å². The van der Waals surface area contributed by atoms with Gasteiger partial charge in [-0.25, -0.2) is 4.79 Å².